The van der Waals surface area contributed by atoms with Gasteiger partial charge in [-0.2, -0.15) is 5.26 Å². The van der Waals surface area contributed by atoms with Gasteiger partial charge in [-0.25, -0.2) is 15.0 Å². The Kier molecular flexibility index (Phi) is 6.00. The molecule has 0 aliphatic heterocycles. The smallest absolute Gasteiger partial charge is 0.190 e. The molecule has 2 aromatic heterocycles. The summed E-state index contributed by atoms with van der Waals surface area (Å²) in [5.41, 5.74) is 10.8. The number of hydrogen-bond acceptors (Lipinski definition) is 7. The predicted molar refractivity (Wildman–Crippen MR) is 123 cm³/mol. The Hall–Kier alpha value is -2.92. The third-order valence-electron chi connectivity index (χ3n) is 4.35. The van der Waals surface area contributed by atoms with Crippen LogP contribution in [0.4, 0.5) is 5.82 Å². The molecule has 4 aromatic rings. The second-order valence-electron chi connectivity index (χ2n) is 6.53. The molecule has 4 rings (SSSR count). The summed E-state index contributed by atoms with van der Waals surface area (Å²) in [6.07, 6.45) is 0. The standard InChI is InChI=1S/C22H16ClN5S2/c1-13-2-4-14(5-3-13)19-18(10-24)20(25)28-22(27-19)30-12-17-11-29-21(26-17)15-6-8-16(23)9-7-15/h2-9,11H,12H2,1H3,(H2,25,27,28). The fourth-order valence-electron chi connectivity index (χ4n) is 2.79. The zero-order valence-corrected chi connectivity index (χ0v) is 18.4. The van der Waals surface area contributed by atoms with E-state index in [1.165, 1.54) is 11.8 Å². The Morgan fingerprint density at radius 2 is 1.73 bits per heavy atom. The van der Waals surface area contributed by atoms with Crippen LogP contribution in [0.1, 0.15) is 16.8 Å². The Morgan fingerprint density at radius 3 is 2.43 bits per heavy atom. The van der Waals surface area contributed by atoms with E-state index < -0.39 is 0 Å². The number of hydrogen-bond donors (Lipinski definition) is 1. The summed E-state index contributed by atoms with van der Waals surface area (Å²) >= 11 is 8.98. The summed E-state index contributed by atoms with van der Waals surface area (Å²) in [5.74, 6) is 0.786. The van der Waals surface area contributed by atoms with E-state index in [0.29, 0.717) is 27.2 Å². The molecule has 2 N–H and O–H groups in total. The minimum atomic E-state index is 0.186. The number of nitriles is 1. The van der Waals surface area contributed by atoms with E-state index in [4.69, 9.17) is 17.3 Å². The van der Waals surface area contributed by atoms with Gasteiger partial charge in [-0.1, -0.05) is 65.3 Å². The van der Waals surface area contributed by atoms with Crippen LogP contribution >= 0.6 is 34.7 Å². The lowest BCUT2D eigenvalue weighted by atomic mass is 10.1. The number of rotatable bonds is 5. The molecule has 2 heterocycles. The normalized spacial score (nSPS) is 10.7. The highest BCUT2D eigenvalue weighted by atomic mass is 35.5. The highest BCUT2D eigenvalue weighted by molar-refractivity contribution is 7.98. The molecule has 0 saturated heterocycles. The molecule has 0 aliphatic carbocycles. The van der Waals surface area contributed by atoms with Crippen molar-refractivity contribution in [2.24, 2.45) is 0 Å². The lowest BCUT2D eigenvalue weighted by molar-refractivity contribution is 0.973. The van der Waals surface area contributed by atoms with Crippen LogP contribution in [-0.2, 0) is 5.75 Å². The van der Waals surface area contributed by atoms with Gasteiger partial charge >= 0.3 is 0 Å². The van der Waals surface area contributed by atoms with Crippen molar-refractivity contribution in [2.75, 3.05) is 5.73 Å². The van der Waals surface area contributed by atoms with Gasteiger partial charge in [0.2, 0.25) is 0 Å². The first-order valence-corrected chi connectivity index (χ1v) is 11.3. The van der Waals surface area contributed by atoms with Crippen molar-refractivity contribution in [3.63, 3.8) is 0 Å². The average Bonchev–Trinajstić information content (AvgIpc) is 3.22. The molecule has 0 spiro atoms. The number of halogens is 1. The summed E-state index contributed by atoms with van der Waals surface area (Å²) < 4.78 is 0. The molecule has 2 aromatic carbocycles. The number of nitrogen functional groups attached to an aromatic ring is 1. The van der Waals surface area contributed by atoms with E-state index in [1.807, 2.05) is 60.8 Å². The van der Waals surface area contributed by atoms with E-state index in [-0.39, 0.29) is 5.82 Å². The van der Waals surface area contributed by atoms with Gasteiger partial charge < -0.3 is 5.73 Å². The molecule has 8 heteroatoms. The van der Waals surface area contributed by atoms with Gasteiger partial charge in [0, 0.05) is 27.3 Å². The minimum Gasteiger partial charge on any atom is -0.382 e. The molecule has 148 valence electrons. The van der Waals surface area contributed by atoms with Crippen molar-refractivity contribution in [3.05, 3.63) is 75.8 Å². The zero-order valence-electron chi connectivity index (χ0n) is 16.0. The maximum absolute atomic E-state index is 9.51. The number of aromatic nitrogens is 3. The summed E-state index contributed by atoms with van der Waals surface area (Å²) in [5, 5.41) is 13.7. The molecule has 0 atom stereocenters. The van der Waals surface area contributed by atoms with Crippen molar-refractivity contribution in [1.29, 1.82) is 5.26 Å². The van der Waals surface area contributed by atoms with Crippen molar-refractivity contribution in [2.45, 2.75) is 17.8 Å². The molecule has 0 amide bonds. The molecule has 0 radical (unpaired) electrons. The zero-order chi connectivity index (χ0) is 21.1. The number of nitrogens with zero attached hydrogens (tertiary/aromatic N) is 4. The number of aryl methyl sites for hydroxylation is 1. The van der Waals surface area contributed by atoms with Crippen LogP contribution in [0.25, 0.3) is 21.8 Å². The van der Waals surface area contributed by atoms with Crippen molar-refractivity contribution in [1.82, 2.24) is 15.0 Å². The second-order valence-corrected chi connectivity index (χ2v) is 8.77. The van der Waals surface area contributed by atoms with Crippen molar-refractivity contribution in [3.8, 4) is 27.9 Å². The van der Waals surface area contributed by atoms with Gasteiger partial charge in [-0.05, 0) is 19.1 Å². The van der Waals surface area contributed by atoms with Gasteiger partial charge in [0.1, 0.15) is 22.5 Å². The van der Waals surface area contributed by atoms with Crippen LogP contribution in [0, 0.1) is 18.3 Å². The van der Waals surface area contributed by atoms with Gasteiger partial charge in [0.25, 0.3) is 0 Å². The summed E-state index contributed by atoms with van der Waals surface area (Å²) in [6, 6.07) is 17.6. The fraction of sp³-hybridized carbons (Fsp3) is 0.0909. The van der Waals surface area contributed by atoms with E-state index >= 15 is 0 Å². The lowest BCUT2D eigenvalue weighted by Gasteiger charge is -2.08. The van der Waals surface area contributed by atoms with Crippen LogP contribution in [0.15, 0.2) is 59.1 Å². The monoisotopic (exact) mass is 449 g/mol. The topological polar surface area (TPSA) is 88.5 Å². The highest BCUT2D eigenvalue weighted by Gasteiger charge is 2.15. The maximum atomic E-state index is 9.51. The number of anilines is 1. The van der Waals surface area contributed by atoms with Gasteiger partial charge in [-0.3, -0.25) is 0 Å². The third kappa shape index (κ3) is 4.46. The minimum absolute atomic E-state index is 0.186. The number of nitrogens with two attached hydrogens (primary N) is 1. The Balaban J connectivity index is 1.56. The first-order valence-electron chi connectivity index (χ1n) is 9.01. The molecule has 0 unspecified atom stereocenters. The maximum Gasteiger partial charge on any atom is 0.190 e. The first kappa shape index (κ1) is 20.4. The summed E-state index contributed by atoms with van der Waals surface area (Å²) in [4.78, 5) is 13.6. The molecular weight excluding hydrogens is 434 g/mol. The Labute approximate surface area is 187 Å². The van der Waals surface area contributed by atoms with Gasteiger partial charge in [0.15, 0.2) is 5.16 Å². The highest BCUT2D eigenvalue weighted by Crippen LogP contribution is 2.31. The van der Waals surface area contributed by atoms with E-state index in [1.54, 1.807) is 11.3 Å². The predicted octanol–water partition coefficient (Wildman–Crippen LogP) is 5.98. The third-order valence-corrected chi connectivity index (χ3v) is 6.42. The van der Waals surface area contributed by atoms with Crippen LogP contribution in [-0.4, -0.2) is 15.0 Å². The second kappa shape index (κ2) is 8.84. The Bertz CT molecular complexity index is 1230. The van der Waals surface area contributed by atoms with Gasteiger partial charge in [-0.15, -0.1) is 11.3 Å². The molecule has 0 aliphatic rings. The molecule has 0 bridgehead atoms. The number of benzene rings is 2. The van der Waals surface area contributed by atoms with Crippen molar-refractivity contribution < 1.29 is 0 Å². The van der Waals surface area contributed by atoms with Crippen LogP contribution < -0.4 is 5.73 Å². The SMILES string of the molecule is Cc1ccc(-c2nc(SCc3csc(-c4ccc(Cl)cc4)n3)nc(N)c2C#N)cc1. The van der Waals surface area contributed by atoms with Crippen LogP contribution in [0.2, 0.25) is 5.02 Å². The quantitative estimate of drug-likeness (QED) is 0.298. The number of thiazole rings is 1. The van der Waals surface area contributed by atoms with E-state index in [0.717, 1.165) is 27.4 Å². The summed E-state index contributed by atoms with van der Waals surface area (Å²) in [6.45, 7) is 2.01. The molecule has 5 nitrogen and oxygen atoms in total. The van der Waals surface area contributed by atoms with Crippen LogP contribution in [0.5, 0.6) is 0 Å². The number of thioether (sulfide) groups is 1. The average molecular weight is 450 g/mol. The molecular formula is C22H16ClN5S2. The van der Waals surface area contributed by atoms with E-state index in [9.17, 15) is 5.26 Å². The van der Waals surface area contributed by atoms with Crippen LogP contribution in [0.3, 0.4) is 0 Å². The molecule has 0 saturated carbocycles. The first-order chi connectivity index (χ1) is 14.5. The van der Waals surface area contributed by atoms with Gasteiger partial charge in [0.05, 0.1) is 11.4 Å². The molecule has 30 heavy (non-hydrogen) atoms. The van der Waals surface area contributed by atoms with E-state index in [2.05, 4.69) is 21.0 Å². The Morgan fingerprint density at radius 1 is 1.03 bits per heavy atom. The largest absolute Gasteiger partial charge is 0.382 e. The van der Waals surface area contributed by atoms with Crippen molar-refractivity contribution >= 4 is 40.5 Å². The summed E-state index contributed by atoms with van der Waals surface area (Å²) in [7, 11) is 0. The fourth-order valence-corrected chi connectivity index (χ4v) is 4.59. The lowest BCUT2D eigenvalue weighted by Crippen LogP contribution is -2.02. The molecule has 0 fully saturated rings.